The number of rotatable bonds is 5. The van der Waals surface area contributed by atoms with Crippen molar-refractivity contribution in [2.45, 2.75) is 31.8 Å². The fraction of sp³-hybridized carbons (Fsp3) is 0.318. The average molecular weight is 376 g/mol. The van der Waals surface area contributed by atoms with Crippen molar-refractivity contribution in [3.63, 3.8) is 0 Å². The largest absolute Gasteiger partial charge is 0.497 e. The van der Waals surface area contributed by atoms with Crippen LogP contribution in [0.4, 0.5) is 0 Å². The third-order valence-electron chi connectivity index (χ3n) is 5.19. The first-order valence-electron chi connectivity index (χ1n) is 9.61. The number of hydrogen-bond acceptors (Lipinski definition) is 5. The predicted octanol–water partition coefficient (Wildman–Crippen LogP) is 3.57. The van der Waals surface area contributed by atoms with Gasteiger partial charge in [0.25, 0.3) is 5.56 Å². The maximum absolute atomic E-state index is 12.3. The Morgan fingerprint density at radius 2 is 2.04 bits per heavy atom. The van der Waals surface area contributed by atoms with Crippen molar-refractivity contribution >= 4 is 0 Å². The number of benzene rings is 1. The zero-order chi connectivity index (χ0) is 19.3. The lowest BCUT2D eigenvalue weighted by atomic mass is 9.98. The second-order valence-corrected chi connectivity index (χ2v) is 7.09. The van der Waals surface area contributed by atoms with E-state index in [9.17, 15) is 4.79 Å². The van der Waals surface area contributed by atoms with Crippen LogP contribution in [-0.2, 0) is 6.54 Å². The van der Waals surface area contributed by atoms with Gasteiger partial charge >= 0.3 is 0 Å². The third-order valence-corrected chi connectivity index (χ3v) is 5.19. The highest BCUT2D eigenvalue weighted by atomic mass is 16.5. The number of aromatic nitrogens is 3. The fourth-order valence-corrected chi connectivity index (χ4v) is 3.81. The second-order valence-electron chi connectivity index (χ2n) is 7.09. The van der Waals surface area contributed by atoms with Crippen LogP contribution in [0.3, 0.4) is 0 Å². The Hall–Kier alpha value is -2.99. The minimum atomic E-state index is -0.122. The number of H-pyrrole nitrogens is 1. The number of methoxy groups -OCH3 is 1. The van der Waals surface area contributed by atoms with Crippen LogP contribution >= 0.6 is 0 Å². The number of likely N-dealkylation sites (tertiary alicyclic amines) is 1. The molecule has 0 aliphatic carbocycles. The molecule has 1 atom stereocenters. The van der Waals surface area contributed by atoms with E-state index in [1.54, 1.807) is 25.6 Å². The van der Waals surface area contributed by atoms with Crippen LogP contribution in [0.15, 0.2) is 59.7 Å². The SMILES string of the molecule is COc1cccc(CN2CCCC[C@H]2c2cc(=O)[nH]c(-c3ccncc3)n2)c1. The molecule has 0 spiro atoms. The van der Waals surface area contributed by atoms with Gasteiger partial charge in [-0.05, 0) is 49.2 Å². The van der Waals surface area contributed by atoms with E-state index in [1.807, 2.05) is 24.3 Å². The van der Waals surface area contributed by atoms with Crippen LogP contribution in [0, 0.1) is 0 Å². The van der Waals surface area contributed by atoms with Gasteiger partial charge in [-0.15, -0.1) is 0 Å². The summed E-state index contributed by atoms with van der Waals surface area (Å²) in [6.45, 7) is 1.79. The van der Waals surface area contributed by atoms with Gasteiger partial charge in [-0.3, -0.25) is 14.7 Å². The quantitative estimate of drug-likeness (QED) is 0.737. The Morgan fingerprint density at radius 3 is 2.86 bits per heavy atom. The number of nitrogens with one attached hydrogen (secondary N) is 1. The molecule has 1 aliphatic rings. The van der Waals surface area contributed by atoms with Gasteiger partial charge in [0.05, 0.1) is 18.8 Å². The van der Waals surface area contributed by atoms with Gasteiger partial charge in [-0.1, -0.05) is 18.6 Å². The van der Waals surface area contributed by atoms with Gasteiger partial charge < -0.3 is 9.72 Å². The summed E-state index contributed by atoms with van der Waals surface area (Å²) >= 11 is 0. The zero-order valence-electron chi connectivity index (χ0n) is 16.0. The molecule has 0 bridgehead atoms. The summed E-state index contributed by atoms with van der Waals surface area (Å²) in [6.07, 6.45) is 6.70. The summed E-state index contributed by atoms with van der Waals surface area (Å²) in [7, 11) is 1.68. The number of aromatic amines is 1. The summed E-state index contributed by atoms with van der Waals surface area (Å²) in [6, 6.07) is 13.6. The van der Waals surface area contributed by atoms with E-state index in [4.69, 9.17) is 9.72 Å². The van der Waals surface area contributed by atoms with Gasteiger partial charge in [-0.25, -0.2) is 4.98 Å². The lowest BCUT2D eigenvalue weighted by Crippen LogP contribution is -2.34. The monoisotopic (exact) mass is 376 g/mol. The first-order valence-corrected chi connectivity index (χ1v) is 9.61. The molecule has 0 amide bonds. The van der Waals surface area contributed by atoms with Crippen LogP contribution < -0.4 is 10.3 Å². The number of ether oxygens (including phenoxy) is 1. The van der Waals surface area contributed by atoms with E-state index in [-0.39, 0.29) is 11.6 Å². The summed E-state index contributed by atoms with van der Waals surface area (Å²) in [5.41, 5.74) is 2.77. The van der Waals surface area contributed by atoms with Crippen LogP contribution in [0.1, 0.15) is 36.6 Å². The average Bonchev–Trinajstić information content (AvgIpc) is 2.74. The van der Waals surface area contributed by atoms with E-state index in [0.717, 1.165) is 49.4 Å². The smallest absolute Gasteiger partial charge is 0.251 e. The Kier molecular flexibility index (Phi) is 5.48. The molecule has 6 heteroatoms. The van der Waals surface area contributed by atoms with Crippen molar-refractivity contribution in [2.75, 3.05) is 13.7 Å². The third kappa shape index (κ3) is 4.12. The maximum Gasteiger partial charge on any atom is 0.251 e. The fourth-order valence-electron chi connectivity index (χ4n) is 3.81. The lowest BCUT2D eigenvalue weighted by molar-refractivity contribution is 0.137. The first kappa shape index (κ1) is 18.4. The van der Waals surface area contributed by atoms with Gasteiger partial charge in [0.1, 0.15) is 11.6 Å². The molecule has 1 aromatic carbocycles. The summed E-state index contributed by atoms with van der Waals surface area (Å²) in [4.78, 5) is 26.4. The van der Waals surface area contributed by atoms with Crippen LogP contribution in [0.2, 0.25) is 0 Å². The standard InChI is InChI=1S/C22H24N4O2/c1-28-18-6-4-5-16(13-18)15-26-12-3-2-7-20(26)19-14-21(27)25-22(24-19)17-8-10-23-11-9-17/h4-6,8-11,13-14,20H,2-3,7,12,15H2,1H3,(H,24,25,27)/t20-/m0/s1. The summed E-state index contributed by atoms with van der Waals surface area (Å²) < 4.78 is 5.35. The van der Waals surface area contributed by atoms with Crippen molar-refractivity contribution in [2.24, 2.45) is 0 Å². The molecule has 1 aliphatic heterocycles. The van der Waals surface area contributed by atoms with Crippen molar-refractivity contribution in [1.82, 2.24) is 19.9 Å². The molecule has 0 radical (unpaired) electrons. The molecule has 1 N–H and O–H groups in total. The minimum absolute atomic E-state index is 0.122. The minimum Gasteiger partial charge on any atom is -0.497 e. The normalized spacial score (nSPS) is 17.4. The Bertz CT molecular complexity index is 987. The zero-order valence-corrected chi connectivity index (χ0v) is 16.0. The van der Waals surface area contributed by atoms with Crippen molar-refractivity contribution in [3.05, 3.63) is 76.5 Å². The number of pyridine rings is 1. The van der Waals surface area contributed by atoms with E-state index < -0.39 is 0 Å². The van der Waals surface area contributed by atoms with Gasteiger partial charge in [0.2, 0.25) is 0 Å². The van der Waals surface area contributed by atoms with Crippen LogP contribution in [-0.4, -0.2) is 33.5 Å². The number of piperidine rings is 1. The molecule has 144 valence electrons. The molecule has 2 aromatic heterocycles. The molecule has 3 heterocycles. The van der Waals surface area contributed by atoms with E-state index >= 15 is 0 Å². The molecule has 3 aromatic rings. The van der Waals surface area contributed by atoms with Crippen molar-refractivity contribution in [1.29, 1.82) is 0 Å². The highest BCUT2D eigenvalue weighted by Gasteiger charge is 2.26. The maximum atomic E-state index is 12.3. The van der Waals surface area contributed by atoms with Gasteiger partial charge in [-0.2, -0.15) is 0 Å². The summed E-state index contributed by atoms with van der Waals surface area (Å²) in [5.74, 6) is 1.46. The lowest BCUT2D eigenvalue weighted by Gasteiger charge is -2.35. The molecule has 0 unspecified atom stereocenters. The topological polar surface area (TPSA) is 71.1 Å². The number of hydrogen-bond donors (Lipinski definition) is 1. The molecule has 1 saturated heterocycles. The molecular formula is C22H24N4O2. The second kappa shape index (κ2) is 8.35. The first-order chi connectivity index (χ1) is 13.7. The van der Waals surface area contributed by atoms with E-state index in [0.29, 0.717) is 5.82 Å². The van der Waals surface area contributed by atoms with E-state index in [1.165, 1.54) is 5.56 Å². The van der Waals surface area contributed by atoms with Crippen molar-refractivity contribution in [3.8, 4) is 17.1 Å². The van der Waals surface area contributed by atoms with Crippen LogP contribution in [0.5, 0.6) is 5.75 Å². The Labute approximate surface area is 164 Å². The summed E-state index contributed by atoms with van der Waals surface area (Å²) in [5, 5.41) is 0. The predicted molar refractivity (Wildman–Crippen MR) is 108 cm³/mol. The van der Waals surface area contributed by atoms with Crippen LogP contribution in [0.25, 0.3) is 11.4 Å². The molecule has 4 rings (SSSR count). The Balaban J connectivity index is 1.64. The van der Waals surface area contributed by atoms with Gasteiger partial charge in [0, 0.05) is 30.6 Å². The molecular weight excluding hydrogens is 352 g/mol. The van der Waals surface area contributed by atoms with Crippen molar-refractivity contribution < 1.29 is 4.74 Å². The molecule has 28 heavy (non-hydrogen) atoms. The van der Waals surface area contributed by atoms with Gasteiger partial charge in [0.15, 0.2) is 0 Å². The molecule has 0 saturated carbocycles. The molecule has 1 fully saturated rings. The highest BCUT2D eigenvalue weighted by Crippen LogP contribution is 2.31. The van der Waals surface area contributed by atoms with E-state index in [2.05, 4.69) is 27.0 Å². The number of nitrogens with zero attached hydrogens (tertiary/aromatic N) is 3. The Morgan fingerprint density at radius 1 is 1.18 bits per heavy atom. The highest BCUT2D eigenvalue weighted by molar-refractivity contribution is 5.53. The molecule has 6 nitrogen and oxygen atoms in total.